The maximum atomic E-state index is 14.8. The van der Waals surface area contributed by atoms with E-state index in [-0.39, 0.29) is 34.5 Å². The summed E-state index contributed by atoms with van der Waals surface area (Å²) in [5.74, 6) is 0.750. The molecule has 3 aromatic rings. The zero-order chi connectivity index (χ0) is 23.1. The van der Waals surface area contributed by atoms with Crippen LogP contribution >= 0.6 is 11.6 Å². The highest BCUT2D eigenvalue weighted by atomic mass is 35.5. The van der Waals surface area contributed by atoms with E-state index in [4.69, 9.17) is 21.3 Å². The molecule has 2 aromatic heterocycles. The Hall–Kier alpha value is -3.46. The van der Waals surface area contributed by atoms with E-state index in [2.05, 4.69) is 26.8 Å². The molecule has 0 saturated carbocycles. The van der Waals surface area contributed by atoms with Gasteiger partial charge in [-0.2, -0.15) is 0 Å². The van der Waals surface area contributed by atoms with Crippen molar-refractivity contribution in [2.24, 2.45) is 0 Å². The van der Waals surface area contributed by atoms with Crippen LogP contribution in [0.5, 0.6) is 5.75 Å². The number of aromatic nitrogens is 3. The van der Waals surface area contributed by atoms with Gasteiger partial charge in [0.15, 0.2) is 11.6 Å². The molecule has 10 heteroatoms. The molecule has 1 aromatic carbocycles. The fourth-order valence-electron chi connectivity index (χ4n) is 4.54. The lowest BCUT2D eigenvalue weighted by molar-refractivity contribution is -0.127. The largest absolute Gasteiger partial charge is 0.492 e. The van der Waals surface area contributed by atoms with E-state index < -0.39 is 5.82 Å². The number of hydrogen-bond donors (Lipinski definition) is 1. The van der Waals surface area contributed by atoms with E-state index in [0.29, 0.717) is 36.5 Å². The number of anilines is 3. The molecule has 2 bridgehead atoms. The zero-order valence-electron chi connectivity index (χ0n) is 18.0. The van der Waals surface area contributed by atoms with E-state index in [0.717, 1.165) is 12.2 Å². The second-order valence-electron chi connectivity index (χ2n) is 7.95. The van der Waals surface area contributed by atoms with Crippen LogP contribution < -0.4 is 15.0 Å². The van der Waals surface area contributed by atoms with Crippen LogP contribution in [0.4, 0.5) is 21.7 Å². The van der Waals surface area contributed by atoms with Gasteiger partial charge in [0.2, 0.25) is 5.91 Å². The molecule has 5 rings (SSSR count). The number of rotatable bonds is 6. The predicted octanol–water partition coefficient (Wildman–Crippen LogP) is 3.94. The van der Waals surface area contributed by atoms with E-state index in [1.807, 2.05) is 17.0 Å². The maximum absolute atomic E-state index is 14.8. The summed E-state index contributed by atoms with van der Waals surface area (Å²) < 4.78 is 20.2. The third kappa shape index (κ3) is 3.72. The first kappa shape index (κ1) is 21.4. The fraction of sp³-hybridized carbons (Fsp3) is 0.304. The Balaban J connectivity index is 1.44. The zero-order valence-corrected chi connectivity index (χ0v) is 18.7. The van der Waals surface area contributed by atoms with Gasteiger partial charge in [-0.1, -0.05) is 18.2 Å². The van der Waals surface area contributed by atoms with Crippen molar-refractivity contribution in [3.63, 3.8) is 0 Å². The van der Waals surface area contributed by atoms with Crippen LogP contribution in [0.1, 0.15) is 13.3 Å². The third-order valence-corrected chi connectivity index (χ3v) is 6.41. The summed E-state index contributed by atoms with van der Waals surface area (Å²) in [7, 11) is 0. The molecule has 2 saturated heterocycles. The molecule has 4 heterocycles. The van der Waals surface area contributed by atoms with Crippen molar-refractivity contribution in [1.29, 1.82) is 0 Å². The summed E-state index contributed by atoms with van der Waals surface area (Å²) in [4.78, 5) is 29.5. The van der Waals surface area contributed by atoms with Gasteiger partial charge < -0.3 is 19.9 Å². The standard InChI is InChI=1S/C23H22ClFN6O2/c1-3-19(32)31-11-13-9-14(31)10-30(13)18-8-6-16-22(29-18)23(27-12-26-16)28-15-5-7-17(33-4-2)20(24)21(15)25/h3,5-8,12-14H,1,4,9-11H2,2H3,(H,26,27,28)/t13-,14-/m0/s1. The molecule has 0 spiro atoms. The summed E-state index contributed by atoms with van der Waals surface area (Å²) in [6.07, 6.45) is 3.66. The second kappa shape index (κ2) is 8.47. The molecular formula is C23H22ClFN6O2. The Bertz CT molecular complexity index is 1260. The van der Waals surface area contributed by atoms with Crippen LogP contribution in [-0.2, 0) is 4.79 Å². The van der Waals surface area contributed by atoms with Gasteiger partial charge in [-0.3, -0.25) is 4.79 Å². The number of piperazine rings is 1. The van der Waals surface area contributed by atoms with E-state index >= 15 is 0 Å². The molecule has 8 nitrogen and oxygen atoms in total. The summed E-state index contributed by atoms with van der Waals surface area (Å²) >= 11 is 6.12. The van der Waals surface area contributed by atoms with Crippen LogP contribution in [0.3, 0.4) is 0 Å². The number of halogens is 2. The summed E-state index contributed by atoms with van der Waals surface area (Å²) in [5.41, 5.74) is 1.30. The molecular weight excluding hydrogens is 447 g/mol. The van der Waals surface area contributed by atoms with Crippen LogP contribution in [0.2, 0.25) is 5.02 Å². The van der Waals surface area contributed by atoms with E-state index in [1.165, 1.54) is 12.4 Å². The Morgan fingerprint density at radius 2 is 2.15 bits per heavy atom. The number of carbonyl (C=O) groups excluding carboxylic acids is 1. The summed E-state index contributed by atoms with van der Waals surface area (Å²) in [6, 6.07) is 7.26. The number of amides is 1. The minimum atomic E-state index is -0.630. The second-order valence-corrected chi connectivity index (χ2v) is 8.33. The Kier molecular flexibility index (Phi) is 5.49. The number of ether oxygens (including phenoxy) is 1. The normalized spacial score (nSPS) is 19.2. The molecule has 2 aliphatic heterocycles. The lowest BCUT2D eigenvalue weighted by atomic mass is 10.2. The van der Waals surface area contributed by atoms with Crippen molar-refractivity contribution in [2.45, 2.75) is 25.4 Å². The minimum absolute atomic E-state index is 0.0375. The first-order chi connectivity index (χ1) is 16.0. The van der Waals surface area contributed by atoms with Gasteiger partial charge >= 0.3 is 0 Å². The molecule has 1 N–H and O–H groups in total. The Morgan fingerprint density at radius 3 is 2.88 bits per heavy atom. The van der Waals surface area contributed by atoms with Gasteiger partial charge in [-0.25, -0.2) is 19.3 Å². The first-order valence-corrected chi connectivity index (χ1v) is 11.1. The number of fused-ring (bicyclic) bond motifs is 3. The Morgan fingerprint density at radius 1 is 1.30 bits per heavy atom. The summed E-state index contributed by atoms with van der Waals surface area (Å²) in [5, 5.41) is 2.90. The van der Waals surface area contributed by atoms with Crippen molar-refractivity contribution < 1.29 is 13.9 Å². The molecule has 2 fully saturated rings. The van der Waals surface area contributed by atoms with Crippen LogP contribution in [0.15, 0.2) is 43.2 Å². The quantitative estimate of drug-likeness (QED) is 0.548. The van der Waals surface area contributed by atoms with Gasteiger partial charge in [0, 0.05) is 13.1 Å². The van der Waals surface area contributed by atoms with E-state index in [9.17, 15) is 9.18 Å². The highest BCUT2D eigenvalue weighted by Crippen LogP contribution is 2.36. The lowest BCUT2D eigenvalue weighted by Crippen LogP contribution is -2.48. The molecule has 33 heavy (non-hydrogen) atoms. The highest BCUT2D eigenvalue weighted by Gasteiger charge is 2.45. The number of carbonyl (C=O) groups is 1. The van der Waals surface area contributed by atoms with Crippen molar-refractivity contribution in [2.75, 3.05) is 29.9 Å². The lowest BCUT2D eigenvalue weighted by Gasteiger charge is -2.34. The Labute approximate surface area is 195 Å². The smallest absolute Gasteiger partial charge is 0.246 e. The van der Waals surface area contributed by atoms with Crippen LogP contribution in [0, 0.1) is 5.82 Å². The number of nitrogens with one attached hydrogen (secondary N) is 1. The van der Waals surface area contributed by atoms with Gasteiger partial charge in [0.1, 0.15) is 28.4 Å². The number of pyridine rings is 1. The number of likely N-dealkylation sites (tertiary alicyclic amines) is 1. The van der Waals surface area contributed by atoms with Gasteiger partial charge in [-0.15, -0.1) is 0 Å². The van der Waals surface area contributed by atoms with Crippen molar-refractivity contribution >= 4 is 45.9 Å². The minimum Gasteiger partial charge on any atom is -0.492 e. The first-order valence-electron chi connectivity index (χ1n) is 10.7. The monoisotopic (exact) mass is 468 g/mol. The third-order valence-electron chi connectivity index (χ3n) is 6.06. The maximum Gasteiger partial charge on any atom is 0.246 e. The van der Waals surface area contributed by atoms with Gasteiger partial charge in [-0.05, 0) is 43.7 Å². The number of hydrogen-bond acceptors (Lipinski definition) is 7. The SMILES string of the molecule is C=CC(=O)N1C[C@@H]2C[C@H]1CN2c1ccc2ncnc(Nc3ccc(OCC)c(Cl)c3F)c2n1. The van der Waals surface area contributed by atoms with Crippen LogP contribution in [-0.4, -0.2) is 57.5 Å². The average molecular weight is 469 g/mol. The molecule has 0 radical (unpaired) electrons. The average Bonchev–Trinajstić information content (AvgIpc) is 3.44. The topological polar surface area (TPSA) is 83.5 Å². The molecule has 2 atom stereocenters. The summed E-state index contributed by atoms with van der Waals surface area (Å²) in [6.45, 7) is 7.11. The predicted molar refractivity (Wildman–Crippen MR) is 125 cm³/mol. The molecule has 1 amide bonds. The fourth-order valence-corrected chi connectivity index (χ4v) is 4.76. The highest BCUT2D eigenvalue weighted by molar-refractivity contribution is 6.32. The number of benzene rings is 1. The molecule has 0 aliphatic carbocycles. The van der Waals surface area contributed by atoms with Gasteiger partial charge in [0.25, 0.3) is 0 Å². The molecule has 0 unspecified atom stereocenters. The van der Waals surface area contributed by atoms with Crippen molar-refractivity contribution in [1.82, 2.24) is 19.9 Å². The van der Waals surface area contributed by atoms with Gasteiger partial charge in [0.05, 0.1) is 29.9 Å². The van der Waals surface area contributed by atoms with Crippen molar-refractivity contribution in [3.8, 4) is 5.75 Å². The van der Waals surface area contributed by atoms with Crippen LogP contribution in [0.25, 0.3) is 11.0 Å². The number of nitrogens with zero attached hydrogens (tertiary/aromatic N) is 5. The molecule has 170 valence electrons. The molecule has 2 aliphatic rings. The van der Waals surface area contributed by atoms with Crippen molar-refractivity contribution in [3.05, 3.63) is 54.1 Å². The van der Waals surface area contributed by atoms with E-state index in [1.54, 1.807) is 19.1 Å².